The molecule has 1 aliphatic carbocycles. The van der Waals surface area contributed by atoms with Crippen molar-refractivity contribution in [2.75, 3.05) is 13.2 Å². The number of nitrogens with zero attached hydrogens (tertiary/aromatic N) is 1. The lowest BCUT2D eigenvalue weighted by atomic mass is 10.1. The molecule has 1 fully saturated rings. The zero-order chi connectivity index (χ0) is 16.1. The second-order valence-electron chi connectivity index (χ2n) is 6.34. The van der Waals surface area contributed by atoms with E-state index < -0.39 is 6.10 Å². The average Bonchev–Trinajstić information content (AvgIpc) is 3.26. The van der Waals surface area contributed by atoms with Crippen molar-refractivity contribution >= 4 is 0 Å². The van der Waals surface area contributed by atoms with E-state index >= 15 is 0 Å². The van der Waals surface area contributed by atoms with Crippen molar-refractivity contribution in [2.24, 2.45) is 0 Å². The number of aliphatic hydroxyl groups is 1. The first-order valence-electron chi connectivity index (χ1n) is 8.29. The number of furan rings is 1. The van der Waals surface area contributed by atoms with Gasteiger partial charge in [0.2, 0.25) is 0 Å². The first kappa shape index (κ1) is 16.2. The topological polar surface area (TPSA) is 45.8 Å². The number of hydrogen-bond donors (Lipinski definition) is 1. The highest BCUT2D eigenvalue weighted by Gasteiger charge is 2.30. The Morgan fingerprint density at radius 3 is 2.78 bits per heavy atom. The van der Waals surface area contributed by atoms with Crippen LogP contribution in [0.15, 0.2) is 47.1 Å². The van der Waals surface area contributed by atoms with Crippen molar-refractivity contribution in [2.45, 2.75) is 45.1 Å². The molecule has 2 aromatic rings. The zero-order valence-corrected chi connectivity index (χ0v) is 13.6. The third-order valence-electron chi connectivity index (χ3n) is 4.28. The summed E-state index contributed by atoms with van der Waals surface area (Å²) in [7, 11) is 0. The maximum Gasteiger partial charge on any atom is 0.129 e. The summed E-state index contributed by atoms with van der Waals surface area (Å²) in [5.74, 6) is 0.788. The number of ether oxygens (including phenoxy) is 1. The molecule has 4 heteroatoms. The molecule has 3 rings (SSSR count). The van der Waals surface area contributed by atoms with Crippen LogP contribution in [-0.4, -0.2) is 35.3 Å². The largest absolute Gasteiger partial charge is 0.467 e. The first-order chi connectivity index (χ1) is 11.2. The molecule has 1 aromatic carbocycles. The lowest BCUT2D eigenvalue weighted by Gasteiger charge is -2.25. The maximum absolute atomic E-state index is 10.3. The average molecular weight is 315 g/mol. The quantitative estimate of drug-likeness (QED) is 0.772. The van der Waals surface area contributed by atoms with E-state index in [1.165, 1.54) is 24.0 Å². The molecule has 1 heterocycles. The SMILES string of the molecule is Cc1ccccc1CN(C[C@H](O)COCc1ccco1)C1CC1. The Morgan fingerprint density at radius 2 is 2.09 bits per heavy atom. The summed E-state index contributed by atoms with van der Waals surface area (Å²) in [6, 6.07) is 12.8. The van der Waals surface area contributed by atoms with Crippen LogP contribution in [0.25, 0.3) is 0 Å². The van der Waals surface area contributed by atoms with Crippen molar-refractivity contribution in [1.29, 1.82) is 0 Å². The predicted octanol–water partition coefficient (Wildman–Crippen LogP) is 3.13. The Bertz CT molecular complexity index is 592. The summed E-state index contributed by atoms with van der Waals surface area (Å²) in [6.07, 6.45) is 3.61. The zero-order valence-electron chi connectivity index (χ0n) is 13.6. The van der Waals surface area contributed by atoms with E-state index in [1.807, 2.05) is 12.1 Å². The standard InChI is InChI=1S/C19H25NO3/c1-15-5-2-3-6-16(15)11-20(17-8-9-17)12-18(21)13-22-14-19-7-4-10-23-19/h2-7,10,17-18,21H,8-9,11-14H2,1H3/t18-/m0/s1. The van der Waals surface area contributed by atoms with Crippen molar-refractivity contribution in [1.82, 2.24) is 4.90 Å². The van der Waals surface area contributed by atoms with Gasteiger partial charge in [0.05, 0.1) is 19.0 Å². The summed E-state index contributed by atoms with van der Waals surface area (Å²) in [5, 5.41) is 10.3. The van der Waals surface area contributed by atoms with Gasteiger partial charge in [-0.25, -0.2) is 0 Å². The van der Waals surface area contributed by atoms with Crippen LogP contribution in [0, 0.1) is 6.92 Å². The highest BCUT2D eigenvalue weighted by Crippen LogP contribution is 2.29. The van der Waals surface area contributed by atoms with Gasteiger partial charge in [-0.1, -0.05) is 24.3 Å². The molecule has 1 N–H and O–H groups in total. The molecule has 0 radical (unpaired) electrons. The van der Waals surface area contributed by atoms with Gasteiger partial charge in [-0.05, 0) is 43.0 Å². The lowest BCUT2D eigenvalue weighted by Crippen LogP contribution is -2.36. The summed E-state index contributed by atoms with van der Waals surface area (Å²) in [4.78, 5) is 2.38. The molecule has 0 bridgehead atoms. The number of aliphatic hydroxyl groups excluding tert-OH is 1. The van der Waals surface area contributed by atoms with E-state index in [-0.39, 0.29) is 0 Å². The van der Waals surface area contributed by atoms with Crippen molar-refractivity contribution in [3.63, 3.8) is 0 Å². The van der Waals surface area contributed by atoms with E-state index in [9.17, 15) is 5.11 Å². The Kier molecular flexibility index (Phi) is 5.49. The third kappa shape index (κ3) is 4.93. The van der Waals surface area contributed by atoms with Crippen LogP contribution in [0.1, 0.15) is 29.7 Å². The molecule has 124 valence electrons. The maximum atomic E-state index is 10.3. The van der Waals surface area contributed by atoms with Gasteiger partial charge in [0, 0.05) is 19.1 Å². The van der Waals surface area contributed by atoms with Crippen LogP contribution in [0.4, 0.5) is 0 Å². The van der Waals surface area contributed by atoms with E-state index in [4.69, 9.17) is 9.15 Å². The van der Waals surface area contributed by atoms with E-state index in [0.717, 1.165) is 12.3 Å². The van der Waals surface area contributed by atoms with Gasteiger partial charge in [0.1, 0.15) is 12.4 Å². The van der Waals surface area contributed by atoms with Gasteiger partial charge in [0.15, 0.2) is 0 Å². The minimum Gasteiger partial charge on any atom is -0.467 e. The fourth-order valence-electron chi connectivity index (χ4n) is 2.80. The van der Waals surface area contributed by atoms with Gasteiger partial charge >= 0.3 is 0 Å². The van der Waals surface area contributed by atoms with Crippen LogP contribution < -0.4 is 0 Å². The molecule has 1 aromatic heterocycles. The third-order valence-corrected chi connectivity index (χ3v) is 4.28. The normalized spacial score (nSPS) is 16.0. The van der Waals surface area contributed by atoms with Crippen molar-refractivity contribution in [3.8, 4) is 0 Å². The fraction of sp³-hybridized carbons (Fsp3) is 0.474. The number of aryl methyl sites for hydroxylation is 1. The fourth-order valence-corrected chi connectivity index (χ4v) is 2.80. The first-order valence-corrected chi connectivity index (χ1v) is 8.29. The van der Waals surface area contributed by atoms with Gasteiger partial charge in [-0.3, -0.25) is 4.90 Å². The smallest absolute Gasteiger partial charge is 0.129 e. The van der Waals surface area contributed by atoms with Crippen LogP contribution in [0.5, 0.6) is 0 Å². The molecule has 1 aliphatic rings. The van der Waals surface area contributed by atoms with Crippen LogP contribution >= 0.6 is 0 Å². The molecule has 0 unspecified atom stereocenters. The summed E-state index contributed by atoms with van der Waals surface area (Å²) >= 11 is 0. The van der Waals surface area contributed by atoms with Crippen molar-refractivity contribution in [3.05, 3.63) is 59.5 Å². The van der Waals surface area contributed by atoms with Gasteiger partial charge in [0.25, 0.3) is 0 Å². The molecule has 1 saturated carbocycles. The Labute approximate surface area is 137 Å². The number of benzene rings is 1. The van der Waals surface area contributed by atoms with E-state index in [2.05, 4.69) is 36.1 Å². The molecule has 4 nitrogen and oxygen atoms in total. The second-order valence-corrected chi connectivity index (χ2v) is 6.34. The Hall–Kier alpha value is -1.62. The van der Waals surface area contributed by atoms with Gasteiger partial charge in [-0.2, -0.15) is 0 Å². The summed E-state index contributed by atoms with van der Waals surface area (Å²) in [6.45, 7) is 4.43. The summed E-state index contributed by atoms with van der Waals surface area (Å²) in [5.41, 5.74) is 2.64. The number of hydrogen-bond acceptors (Lipinski definition) is 4. The molecule has 0 amide bonds. The van der Waals surface area contributed by atoms with Crippen LogP contribution in [-0.2, 0) is 17.9 Å². The number of rotatable bonds is 9. The van der Waals surface area contributed by atoms with Crippen LogP contribution in [0.2, 0.25) is 0 Å². The second kappa shape index (κ2) is 7.77. The Morgan fingerprint density at radius 1 is 1.26 bits per heavy atom. The summed E-state index contributed by atoms with van der Waals surface area (Å²) < 4.78 is 10.8. The van der Waals surface area contributed by atoms with Crippen molar-refractivity contribution < 1.29 is 14.3 Å². The minimum atomic E-state index is -0.477. The van der Waals surface area contributed by atoms with E-state index in [1.54, 1.807) is 6.26 Å². The monoisotopic (exact) mass is 315 g/mol. The molecule has 0 spiro atoms. The minimum absolute atomic E-state index is 0.331. The van der Waals surface area contributed by atoms with Gasteiger partial charge < -0.3 is 14.3 Å². The lowest BCUT2D eigenvalue weighted by molar-refractivity contribution is 0.00244. The van der Waals surface area contributed by atoms with Crippen LogP contribution in [0.3, 0.4) is 0 Å². The van der Waals surface area contributed by atoms with E-state index in [0.29, 0.717) is 25.8 Å². The molecule has 23 heavy (non-hydrogen) atoms. The highest BCUT2D eigenvalue weighted by atomic mass is 16.5. The van der Waals surface area contributed by atoms with Gasteiger partial charge in [-0.15, -0.1) is 0 Å². The highest BCUT2D eigenvalue weighted by molar-refractivity contribution is 5.25. The molecular formula is C19H25NO3. The Balaban J connectivity index is 1.48. The molecular weight excluding hydrogens is 290 g/mol. The molecule has 0 saturated heterocycles. The predicted molar refractivity (Wildman–Crippen MR) is 89.0 cm³/mol. The molecule has 0 aliphatic heterocycles. The molecule has 1 atom stereocenters.